The van der Waals surface area contributed by atoms with Crippen LogP contribution in [0.2, 0.25) is 0 Å². The van der Waals surface area contributed by atoms with Gasteiger partial charge in [0.25, 0.3) is 0 Å². The number of benzene rings is 2. The minimum Gasteiger partial charge on any atom is -0.356 e. The smallest absolute Gasteiger partial charge is 0.0993 e. The molecule has 0 fully saturated rings. The molecule has 3 nitrogen and oxygen atoms in total. The van der Waals surface area contributed by atoms with Crippen molar-refractivity contribution in [2.75, 3.05) is 0 Å². The zero-order valence-corrected chi connectivity index (χ0v) is 11.6. The summed E-state index contributed by atoms with van der Waals surface area (Å²) in [5.74, 6) is 0. The minimum absolute atomic E-state index is 0.700. The van der Waals surface area contributed by atoms with Gasteiger partial charge in [0.1, 0.15) is 0 Å². The lowest BCUT2D eigenvalue weighted by Crippen LogP contribution is -2.18. The van der Waals surface area contributed by atoms with Gasteiger partial charge in [-0.2, -0.15) is 0 Å². The Bertz CT molecular complexity index is 973. The van der Waals surface area contributed by atoms with Gasteiger partial charge in [0.2, 0.25) is 0 Å². The topological polar surface area (TPSA) is 40.5 Å². The van der Waals surface area contributed by atoms with Crippen LogP contribution in [0.5, 0.6) is 0 Å². The van der Waals surface area contributed by atoms with Gasteiger partial charge in [-0.05, 0) is 24.6 Å². The first-order valence-corrected chi connectivity index (χ1v) is 7.16. The number of nitrogens with zero attached hydrogens (tertiary/aromatic N) is 2. The van der Waals surface area contributed by atoms with Gasteiger partial charge in [-0.3, -0.25) is 4.99 Å². The Morgan fingerprint density at radius 2 is 1.95 bits per heavy atom. The molecule has 0 amide bonds. The first-order chi connectivity index (χ1) is 10.3. The molecule has 0 unspecified atom stereocenters. The quantitative estimate of drug-likeness (QED) is 0.644. The third-order valence-electron chi connectivity index (χ3n) is 4.28. The molecule has 3 heteroatoms. The number of rotatable bonds is 0. The Morgan fingerprint density at radius 1 is 1.05 bits per heavy atom. The third kappa shape index (κ3) is 1.38. The lowest BCUT2D eigenvalue weighted by molar-refractivity contribution is 1.01. The maximum absolute atomic E-state index is 4.86. The summed E-state index contributed by atoms with van der Waals surface area (Å²) >= 11 is 0. The van der Waals surface area contributed by atoms with Crippen molar-refractivity contribution in [2.24, 2.45) is 9.98 Å². The highest BCUT2D eigenvalue weighted by Crippen LogP contribution is 2.36. The molecule has 2 aromatic carbocycles. The number of aryl methyl sites for hydroxylation is 1. The highest BCUT2D eigenvalue weighted by molar-refractivity contribution is 6.58. The SMILES string of the molecule is Cc1ccc2c(c1)N=C1C2=NCc2[nH]c3ccccc3c21. The van der Waals surface area contributed by atoms with Gasteiger partial charge in [0, 0.05) is 27.7 Å². The van der Waals surface area contributed by atoms with Gasteiger partial charge in [-0.15, -0.1) is 0 Å². The molecule has 3 aromatic rings. The summed E-state index contributed by atoms with van der Waals surface area (Å²) in [6.07, 6.45) is 0. The van der Waals surface area contributed by atoms with E-state index in [-0.39, 0.29) is 0 Å². The number of aliphatic imine (C=N–C) groups is 2. The van der Waals surface area contributed by atoms with E-state index in [1.165, 1.54) is 22.2 Å². The Morgan fingerprint density at radius 3 is 2.90 bits per heavy atom. The van der Waals surface area contributed by atoms with Gasteiger partial charge < -0.3 is 4.98 Å². The zero-order chi connectivity index (χ0) is 14.0. The molecule has 2 aliphatic heterocycles. The van der Waals surface area contributed by atoms with Crippen molar-refractivity contribution in [1.82, 2.24) is 4.98 Å². The molecule has 1 N–H and O–H groups in total. The lowest BCUT2D eigenvalue weighted by atomic mass is 9.96. The van der Waals surface area contributed by atoms with Crippen molar-refractivity contribution < 1.29 is 0 Å². The second-order valence-electron chi connectivity index (χ2n) is 5.67. The number of hydrogen-bond acceptors (Lipinski definition) is 2. The van der Waals surface area contributed by atoms with Gasteiger partial charge in [-0.25, -0.2) is 4.99 Å². The monoisotopic (exact) mass is 271 g/mol. The largest absolute Gasteiger partial charge is 0.356 e. The summed E-state index contributed by atoms with van der Waals surface area (Å²) < 4.78 is 0. The van der Waals surface area contributed by atoms with Crippen LogP contribution in [0, 0.1) is 6.92 Å². The summed E-state index contributed by atoms with van der Waals surface area (Å²) in [5.41, 5.74) is 9.06. The highest BCUT2D eigenvalue weighted by atomic mass is 14.9. The second kappa shape index (κ2) is 3.70. The van der Waals surface area contributed by atoms with Gasteiger partial charge in [0.05, 0.1) is 23.7 Å². The predicted molar refractivity (Wildman–Crippen MR) is 85.9 cm³/mol. The molecule has 1 aromatic heterocycles. The fraction of sp³-hybridized carbons (Fsp3) is 0.111. The predicted octanol–water partition coefficient (Wildman–Crippen LogP) is 3.91. The molecule has 0 atom stereocenters. The van der Waals surface area contributed by atoms with Crippen LogP contribution < -0.4 is 0 Å². The fourth-order valence-corrected chi connectivity index (χ4v) is 3.31. The van der Waals surface area contributed by atoms with Crippen LogP contribution in [0.25, 0.3) is 10.9 Å². The second-order valence-corrected chi connectivity index (χ2v) is 5.67. The van der Waals surface area contributed by atoms with Crippen LogP contribution in [0.3, 0.4) is 0 Å². The molecule has 5 rings (SSSR count). The Labute approximate surface area is 122 Å². The average Bonchev–Trinajstić information content (AvgIpc) is 3.03. The number of aromatic amines is 1. The van der Waals surface area contributed by atoms with E-state index in [1.807, 2.05) is 0 Å². The molecule has 0 saturated heterocycles. The third-order valence-corrected chi connectivity index (χ3v) is 4.28. The molecule has 0 bridgehead atoms. The summed E-state index contributed by atoms with van der Waals surface area (Å²) in [4.78, 5) is 13.1. The highest BCUT2D eigenvalue weighted by Gasteiger charge is 2.30. The number of H-pyrrole nitrogens is 1. The number of para-hydroxylation sites is 1. The molecule has 3 heterocycles. The van der Waals surface area contributed by atoms with Crippen molar-refractivity contribution in [3.8, 4) is 0 Å². The molecular formula is C18H13N3. The van der Waals surface area contributed by atoms with Gasteiger partial charge in [-0.1, -0.05) is 30.3 Å². The van der Waals surface area contributed by atoms with Crippen molar-refractivity contribution in [2.45, 2.75) is 13.5 Å². The van der Waals surface area contributed by atoms with Crippen molar-refractivity contribution in [1.29, 1.82) is 0 Å². The number of fused-ring (bicyclic) bond motifs is 7. The van der Waals surface area contributed by atoms with Crippen LogP contribution >= 0.6 is 0 Å². The Balaban J connectivity index is 1.83. The molecule has 0 spiro atoms. The van der Waals surface area contributed by atoms with E-state index in [0.717, 1.165) is 28.2 Å². The summed E-state index contributed by atoms with van der Waals surface area (Å²) in [6.45, 7) is 2.80. The normalized spacial score (nSPS) is 15.3. The molecule has 2 aliphatic rings. The Kier molecular flexibility index (Phi) is 1.94. The van der Waals surface area contributed by atoms with E-state index >= 15 is 0 Å². The van der Waals surface area contributed by atoms with Crippen LogP contribution in [0.15, 0.2) is 52.4 Å². The number of nitrogens with one attached hydrogen (secondary N) is 1. The van der Waals surface area contributed by atoms with E-state index < -0.39 is 0 Å². The molecule has 0 aliphatic carbocycles. The summed E-state index contributed by atoms with van der Waals surface area (Å²) in [7, 11) is 0. The van der Waals surface area contributed by atoms with E-state index in [9.17, 15) is 0 Å². The maximum atomic E-state index is 4.86. The first kappa shape index (κ1) is 11.0. The van der Waals surface area contributed by atoms with Crippen molar-refractivity contribution in [3.05, 3.63) is 64.8 Å². The average molecular weight is 271 g/mol. The van der Waals surface area contributed by atoms with Crippen LogP contribution in [-0.2, 0) is 6.54 Å². The van der Waals surface area contributed by atoms with Crippen molar-refractivity contribution >= 4 is 28.0 Å². The fourth-order valence-electron chi connectivity index (χ4n) is 3.31. The van der Waals surface area contributed by atoms with Crippen molar-refractivity contribution in [3.63, 3.8) is 0 Å². The van der Waals surface area contributed by atoms with E-state index in [4.69, 9.17) is 9.98 Å². The molecule has 0 saturated carbocycles. The standard InChI is InChI=1S/C18H13N3/c1-10-6-7-12-14(8-10)21-18-16-11-4-2-3-5-13(11)20-15(16)9-19-17(12)18/h2-8,20H,9H2,1H3. The molecule has 0 radical (unpaired) electrons. The van der Waals surface area contributed by atoms with Gasteiger partial charge in [0.15, 0.2) is 0 Å². The first-order valence-electron chi connectivity index (χ1n) is 7.16. The molecule has 21 heavy (non-hydrogen) atoms. The van der Waals surface area contributed by atoms with Gasteiger partial charge >= 0.3 is 0 Å². The minimum atomic E-state index is 0.700. The zero-order valence-electron chi connectivity index (χ0n) is 11.6. The Hall–Kier alpha value is -2.68. The maximum Gasteiger partial charge on any atom is 0.0993 e. The van der Waals surface area contributed by atoms with E-state index in [1.54, 1.807) is 0 Å². The summed E-state index contributed by atoms with van der Waals surface area (Å²) in [5, 5.41) is 1.24. The number of aromatic nitrogens is 1. The molecular weight excluding hydrogens is 258 g/mol. The van der Waals surface area contributed by atoms with E-state index in [2.05, 4.69) is 54.4 Å². The van der Waals surface area contributed by atoms with E-state index in [0.29, 0.717) is 6.54 Å². The van der Waals surface area contributed by atoms with Crippen LogP contribution in [0.4, 0.5) is 5.69 Å². The van der Waals surface area contributed by atoms with Crippen LogP contribution in [0.1, 0.15) is 22.4 Å². The summed E-state index contributed by atoms with van der Waals surface area (Å²) in [6, 6.07) is 14.8. The lowest BCUT2D eigenvalue weighted by Gasteiger charge is -2.11. The van der Waals surface area contributed by atoms with Crippen LogP contribution in [-0.4, -0.2) is 16.4 Å². The number of hydrogen-bond donors (Lipinski definition) is 1. The molecule has 100 valence electrons.